The first-order valence-corrected chi connectivity index (χ1v) is 8.52. The fraction of sp³-hybridized carbons (Fsp3) is 0.692. The molecule has 5 heteroatoms. The molecule has 0 aromatic carbocycles. The predicted octanol–water partition coefficient (Wildman–Crippen LogP) is 2.32. The summed E-state index contributed by atoms with van der Waals surface area (Å²) in [5.41, 5.74) is 0. The van der Waals surface area contributed by atoms with E-state index in [0.717, 1.165) is 30.9 Å². The van der Waals surface area contributed by atoms with Crippen molar-refractivity contribution in [2.24, 2.45) is 0 Å². The van der Waals surface area contributed by atoms with Crippen molar-refractivity contribution in [3.05, 3.63) is 23.7 Å². The van der Waals surface area contributed by atoms with Gasteiger partial charge in [-0.2, -0.15) is 0 Å². The monoisotopic (exact) mass is 273 g/mol. The van der Waals surface area contributed by atoms with Crippen molar-refractivity contribution < 1.29 is 12.8 Å². The van der Waals surface area contributed by atoms with Crippen molar-refractivity contribution in [3.8, 4) is 0 Å². The second kappa shape index (κ2) is 6.95. The van der Waals surface area contributed by atoms with Gasteiger partial charge >= 0.3 is 0 Å². The van der Waals surface area contributed by atoms with E-state index in [1.54, 1.807) is 0 Å². The minimum Gasteiger partial charge on any atom is -0.464 e. The first-order valence-electron chi connectivity index (χ1n) is 6.46. The molecule has 0 saturated carbocycles. The van der Waals surface area contributed by atoms with Crippen LogP contribution in [0.4, 0.5) is 0 Å². The van der Waals surface area contributed by atoms with Crippen molar-refractivity contribution in [1.29, 1.82) is 0 Å². The summed E-state index contributed by atoms with van der Waals surface area (Å²) in [4.78, 5) is 0. The molecule has 1 aromatic heterocycles. The van der Waals surface area contributed by atoms with Gasteiger partial charge in [-0.3, -0.25) is 0 Å². The molecule has 0 saturated heterocycles. The van der Waals surface area contributed by atoms with Crippen molar-refractivity contribution in [1.82, 2.24) is 5.32 Å². The van der Waals surface area contributed by atoms with E-state index in [0.29, 0.717) is 6.42 Å². The fourth-order valence-corrected chi connectivity index (χ4v) is 2.60. The van der Waals surface area contributed by atoms with Gasteiger partial charge in [0.05, 0.1) is 6.04 Å². The van der Waals surface area contributed by atoms with Gasteiger partial charge in [-0.25, -0.2) is 8.42 Å². The number of sulfone groups is 1. The molecule has 0 amide bonds. The number of hydrogen-bond acceptors (Lipinski definition) is 4. The number of hydrogen-bond donors (Lipinski definition) is 1. The van der Waals surface area contributed by atoms with Crippen LogP contribution in [0.25, 0.3) is 0 Å². The Hall–Kier alpha value is -0.810. The molecule has 1 N–H and O–H groups in total. The molecule has 18 heavy (non-hydrogen) atoms. The Balaban J connectivity index is 2.59. The van der Waals surface area contributed by atoms with Crippen LogP contribution in [0.3, 0.4) is 0 Å². The zero-order valence-electron chi connectivity index (χ0n) is 11.4. The minimum atomic E-state index is -2.87. The molecule has 1 atom stereocenters. The Bertz CT molecular complexity index is 451. The van der Waals surface area contributed by atoms with Crippen molar-refractivity contribution in [2.75, 3.05) is 18.6 Å². The molecular formula is C13H23NO3S. The largest absolute Gasteiger partial charge is 0.464 e. The average Bonchev–Trinajstić information content (AvgIpc) is 2.74. The smallest absolute Gasteiger partial charge is 0.147 e. The van der Waals surface area contributed by atoms with E-state index >= 15 is 0 Å². The zero-order chi connectivity index (χ0) is 13.6. The number of nitrogens with one attached hydrogen (secondary N) is 1. The van der Waals surface area contributed by atoms with Gasteiger partial charge in [0, 0.05) is 18.4 Å². The maximum atomic E-state index is 11.1. The molecule has 104 valence electrons. The molecule has 4 nitrogen and oxygen atoms in total. The van der Waals surface area contributed by atoms with E-state index in [1.165, 1.54) is 6.26 Å². The number of aryl methyl sites for hydroxylation is 1. The van der Waals surface area contributed by atoms with Crippen molar-refractivity contribution in [2.45, 2.75) is 39.2 Å². The highest BCUT2D eigenvalue weighted by molar-refractivity contribution is 7.90. The Morgan fingerprint density at radius 1 is 1.33 bits per heavy atom. The molecule has 0 spiro atoms. The Kier molecular flexibility index (Phi) is 5.88. The third kappa shape index (κ3) is 5.23. The average molecular weight is 273 g/mol. The molecule has 0 fully saturated rings. The summed E-state index contributed by atoms with van der Waals surface area (Å²) >= 11 is 0. The van der Waals surface area contributed by atoms with E-state index in [1.807, 2.05) is 19.1 Å². The molecular weight excluding hydrogens is 250 g/mol. The molecule has 1 unspecified atom stereocenters. The molecule has 1 heterocycles. The van der Waals surface area contributed by atoms with E-state index in [4.69, 9.17) is 4.42 Å². The third-order valence-electron chi connectivity index (χ3n) is 2.83. The van der Waals surface area contributed by atoms with Crippen LogP contribution in [0.2, 0.25) is 0 Å². The summed E-state index contributed by atoms with van der Waals surface area (Å²) < 4.78 is 27.9. The molecule has 0 radical (unpaired) electrons. The SMILES string of the molecule is CCNC(CCCS(C)(=O)=O)c1ccc(CC)o1. The Morgan fingerprint density at radius 2 is 2.06 bits per heavy atom. The second-order valence-corrected chi connectivity index (χ2v) is 6.80. The van der Waals surface area contributed by atoms with Crippen LogP contribution < -0.4 is 5.32 Å². The van der Waals surface area contributed by atoms with Crippen LogP contribution in [0.1, 0.15) is 44.3 Å². The molecule has 0 aliphatic carbocycles. The summed E-state index contributed by atoms with van der Waals surface area (Å²) in [6.45, 7) is 4.92. The van der Waals surface area contributed by atoms with Gasteiger partial charge in [-0.05, 0) is 31.5 Å². The number of rotatable bonds is 8. The van der Waals surface area contributed by atoms with Gasteiger partial charge in [0.1, 0.15) is 21.4 Å². The van der Waals surface area contributed by atoms with Gasteiger partial charge in [0.15, 0.2) is 0 Å². The van der Waals surface area contributed by atoms with Gasteiger partial charge < -0.3 is 9.73 Å². The van der Waals surface area contributed by atoms with Crippen LogP contribution >= 0.6 is 0 Å². The fourth-order valence-electron chi connectivity index (χ4n) is 1.91. The zero-order valence-corrected chi connectivity index (χ0v) is 12.2. The maximum Gasteiger partial charge on any atom is 0.147 e. The lowest BCUT2D eigenvalue weighted by Crippen LogP contribution is -2.21. The third-order valence-corrected chi connectivity index (χ3v) is 3.86. The van der Waals surface area contributed by atoms with Gasteiger partial charge in [-0.1, -0.05) is 13.8 Å². The standard InChI is InChI=1S/C13H23NO3S/c1-4-11-8-9-13(17-11)12(14-5-2)7-6-10-18(3,15)16/h8-9,12,14H,4-7,10H2,1-3H3. The molecule has 0 bridgehead atoms. The quantitative estimate of drug-likeness (QED) is 0.789. The summed E-state index contributed by atoms with van der Waals surface area (Å²) in [5, 5.41) is 3.33. The molecule has 1 rings (SSSR count). The topological polar surface area (TPSA) is 59.3 Å². The van der Waals surface area contributed by atoms with Crippen LogP contribution in [0.15, 0.2) is 16.5 Å². The summed E-state index contributed by atoms with van der Waals surface area (Å²) in [6.07, 6.45) is 3.58. The Labute approximate surface area is 110 Å². The highest BCUT2D eigenvalue weighted by Gasteiger charge is 2.15. The Morgan fingerprint density at radius 3 is 2.56 bits per heavy atom. The van der Waals surface area contributed by atoms with Gasteiger partial charge in [0.25, 0.3) is 0 Å². The van der Waals surface area contributed by atoms with E-state index < -0.39 is 9.84 Å². The lowest BCUT2D eigenvalue weighted by molar-refractivity contribution is 0.382. The highest BCUT2D eigenvalue weighted by atomic mass is 32.2. The lowest BCUT2D eigenvalue weighted by Gasteiger charge is -2.15. The maximum absolute atomic E-state index is 11.1. The lowest BCUT2D eigenvalue weighted by atomic mass is 10.1. The van der Waals surface area contributed by atoms with E-state index in [2.05, 4.69) is 12.2 Å². The second-order valence-electron chi connectivity index (χ2n) is 4.54. The summed E-state index contributed by atoms with van der Waals surface area (Å²) in [7, 11) is -2.87. The highest BCUT2D eigenvalue weighted by Crippen LogP contribution is 2.21. The van der Waals surface area contributed by atoms with Gasteiger partial charge in [-0.15, -0.1) is 0 Å². The number of furan rings is 1. The first-order chi connectivity index (χ1) is 8.46. The van der Waals surface area contributed by atoms with E-state index in [9.17, 15) is 8.42 Å². The van der Waals surface area contributed by atoms with Gasteiger partial charge in [0.2, 0.25) is 0 Å². The van der Waals surface area contributed by atoms with Crippen LogP contribution in [0, 0.1) is 0 Å². The van der Waals surface area contributed by atoms with E-state index in [-0.39, 0.29) is 11.8 Å². The van der Waals surface area contributed by atoms with Crippen molar-refractivity contribution >= 4 is 9.84 Å². The van der Waals surface area contributed by atoms with Crippen LogP contribution in [-0.4, -0.2) is 27.0 Å². The normalized spacial score (nSPS) is 13.7. The minimum absolute atomic E-state index is 0.108. The summed E-state index contributed by atoms with van der Waals surface area (Å²) in [5.74, 6) is 2.11. The predicted molar refractivity (Wildman–Crippen MR) is 73.4 cm³/mol. The molecule has 0 aliphatic rings. The summed E-state index contributed by atoms with van der Waals surface area (Å²) in [6, 6.07) is 4.07. The van der Waals surface area contributed by atoms with Crippen LogP contribution in [0.5, 0.6) is 0 Å². The first kappa shape index (κ1) is 15.2. The molecule has 0 aliphatic heterocycles. The molecule has 1 aromatic rings. The van der Waals surface area contributed by atoms with Crippen LogP contribution in [-0.2, 0) is 16.3 Å². The van der Waals surface area contributed by atoms with Crippen molar-refractivity contribution in [3.63, 3.8) is 0 Å².